The summed E-state index contributed by atoms with van der Waals surface area (Å²) < 4.78 is 1.98. The van der Waals surface area contributed by atoms with Crippen molar-refractivity contribution >= 4 is 0 Å². The number of rotatable bonds is 1. The van der Waals surface area contributed by atoms with Crippen molar-refractivity contribution in [1.29, 1.82) is 5.26 Å². The van der Waals surface area contributed by atoms with Crippen LogP contribution in [0.2, 0.25) is 0 Å². The first kappa shape index (κ1) is 9.54. The van der Waals surface area contributed by atoms with E-state index in [1.165, 1.54) is 5.56 Å². The predicted molar refractivity (Wildman–Crippen MR) is 60.3 cm³/mol. The van der Waals surface area contributed by atoms with E-state index >= 15 is 0 Å². The first-order chi connectivity index (χ1) is 7.20. The Morgan fingerprint density at radius 2 is 2.07 bits per heavy atom. The van der Waals surface area contributed by atoms with Crippen LogP contribution in [0.3, 0.4) is 0 Å². The number of benzene rings is 1. The van der Waals surface area contributed by atoms with Gasteiger partial charge >= 0.3 is 0 Å². The molecule has 0 amide bonds. The SMILES string of the molecule is Cc1ccc(C#N)c(-c2ccn(C)c2)c1. The molecule has 0 fully saturated rings. The van der Waals surface area contributed by atoms with Crippen molar-refractivity contribution in [1.82, 2.24) is 4.57 Å². The van der Waals surface area contributed by atoms with E-state index < -0.39 is 0 Å². The van der Waals surface area contributed by atoms with Gasteiger partial charge < -0.3 is 4.57 Å². The molecule has 2 aromatic rings. The number of aryl methyl sites for hydroxylation is 2. The third kappa shape index (κ3) is 1.77. The molecule has 2 nitrogen and oxygen atoms in total. The standard InChI is InChI=1S/C13H12N2/c1-10-3-4-11(8-14)13(7-10)12-5-6-15(2)9-12/h3-7,9H,1-2H3. The summed E-state index contributed by atoms with van der Waals surface area (Å²) in [5.41, 5.74) is 4.01. The smallest absolute Gasteiger partial charge is 0.0998 e. The van der Waals surface area contributed by atoms with E-state index in [-0.39, 0.29) is 0 Å². The van der Waals surface area contributed by atoms with Crippen molar-refractivity contribution in [2.45, 2.75) is 6.92 Å². The normalized spacial score (nSPS) is 9.93. The molecule has 1 aromatic heterocycles. The third-order valence-corrected chi connectivity index (χ3v) is 2.44. The van der Waals surface area contributed by atoms with E-state index in [1.807, 2.05) is 55.2 Å². The second-order valence-corrected chi connectivity index (χ2v) is 3.73. The first-order valence-corrected chi connectivity index (χ1v) is 4.84. The number of nitriles is 1. The fourth-order valence-electron chi connectivity index (χ4n) is 1.66. The molecule has 0 aliphatic heterocycles. The van der Waals surface area contributed by atoms with E-state index in [1.54, 1.807) is 0 Å². The summed E-state index contributed by atoms with van der Waals surface area (Å²) in [5, 5.41) is 9.02. The Hall–Kier alpha value is -2.01. The molecule has 0 bridgehead atoms. The fraction of sp³-hybridized carbons (Fsp3) is 0.154. The van der Waals surface area contributed by atoms with E-state index in [9.17, 15) is 0 Å². The van der Waals surface area contributed by atoms with Crippen LogP contribution in [-0.2, 0) is 7.05 Å². The maximum absolute atomic E-state index is 9.02. The van der Waals surface area contributed by atoms with Gasteiger partial charge in [-0.05, 0) is 19.1 Å². The van der Waals surface area contributed by atoms with E-state index in [0.717, 1.165) is 16.7 Å². The molecule has 15 heavy (non-hydrogen) atoms. The Balaban J connectivity index is 2.61. The van der Waals surface area contributed by atoms with Crippen LogP contribution >= 0.6 is 0 Å². The van der Waals surface area contributed by atoms with Crippen LogP contribution in [0.15, 0.2) is 36.7 Å². The minimum atomic E-state index is 0.729. The first-order valence-electron chi connectivity index (χ1n) is 4.84. The molecule has 1 heterocycles. The van der Waals surface area contributed by atoms with Crippen molar-refractivity contribution in [3.8, 4) is 17.2 Å². The van der Waals surface area contributed by atoms with Gasteiger partial charge in [-0.15, -0.1) is 0 Å². The molecule has 0 atom stereocenters. The highest BCUT2D eigenvalue weighted by molar-refractivity contribution is 5.70. The summed E-state index contributed by atoms with van der Waals surface area (Å²) in [6.07, 6.45) is 4.01. The molecule has 0 saturated carbocycles. The number of hydrogen-bond acceptors (Lipinski definition) is 1. The minimum Gasteiger partial charge on any atom is -0.357 e. The highest BCUT2D eigenvalue weighted by Gasteiger charge is 2.05. The second kappa shape index (κ2) is 3.62. The molecule has 2 heteroatoms. The van der Waals surface area contributed by atoms with Gasteiger partial charge in [-0.2, -0.15) is 5.26 Å². The topological polar surface area (TPSA) is 28.7 Å². The summed E-state index contributed by atoms with van der Waals surface area (Å²) in [4.78, 5) is 0. The molecule has 74 valence electrons. The van der Waals surface area contributed by atoms with Gasteiger partial charge in [0, 0.05) is 30.6 Å². The number of hydrogen-bond donors (Lipinski definition) is 0. The zero-order chi connectivity index (χ0) is 10.8. The maximum atomic E-state index is 9.02. The Labute approximate surface area is 89.4 Å². The second-order valence-electron chi connectivity index (χ2n) is 3.73. The summed E-state index contributed by atoms with van der Waals surface area (Å²) in [5.74, 6) is 0. The number of aromatic nitrogens is 1. The fourth-order valence-corrected chi connectivity index (χ4v) is 1.66. The van der Waals surface area contributed by atoms with E-state index in [0.29, 0.717) is 0 Å². The zero-order valence-electron chi connectivity index (χ0n) is 8.86. The minimum absolute atomic E-state index is 0.729. The Morgan fingerprint density at radius 3 is 2.67 bits per heavy atom. The Bertz CT molecular complexity index is 530. The zero-order valence-corrected chi connectivity index (χ0v) is 8.86. The molecule has 1 aromatic carbocycles. The van der Waals surface area contributed by atoms with Crippen molar-refractivity contribution in [2.24, 2.45) is 7.05 Å². The van der Waals surface area contributed by atoms with Gasteiger partial charge in [0.1, 0.15) is 0 Å². The van der Waals surface area contributed by atoms with Gasteiger partial charge in [-0.3, -0.25) is 0 Å². The lowest BCUT2D eigenvalue weighted by Crippen LogP contribution is -1.85. The predicted octanol–water partition coefficient (Wildman–Crippen LogP) is 2.87. The molecule has 0 aliphatic rings. The van der Waals surface area contributed by atoms with Crippen LogP contribution in [0.5, 0.6) is 0 Å². The van der Waals surface area contributed by atoms with Crippen molar-refractivity contribution in [3.63, 3.8) is 0 Å². The van der Waals surface area contributed by atoms with Gasteiger partial charge in [0.05, 0.1) is 11.6 Å². The van der Waals surface area contributed by atoms with Crippen LogP contribution in [0.1, 0.15) is 11.1 Å². The highest BCUT2D eigenvalue weighted by atomic mass is 14.9. The van der Waals surface area contributed by atoms with Crippen LogP contribution in [-0.4, -0.2) is 4.57 Å². The molecular formula is C13H12N2. The van der Waals surface area contributed by atoms with E-state index in [2.05, 4.69) is 6.07 Å². The van der Waals surface area contributed by atoms with Crippen LogP contribution in [0, 0.1) is 18.3 Å². The largest absolute Gasteiger partial charge is 0.357 e. The average Bonchev–Trinajstić information content (AvgIpc) is 2.65. The molecule has 2 rings (SSSR count). The Kier molecular flexibility index (Phi) is 2.31. The number of nitrogens with zero attached hydrogens (tertiary/aromatic N) is 2. The van der Waals surface area contributed by atoms with Gasteiger partial charge in [0.15, 0.2) is 0 Å². The molecule has 0 unspecified atom stereocenters. The average molecular weight is 196 g/mol. The highest BCUT2D eigenvalue weighted by Crippen LogP contribution is 2.24. The van der Waals surface area contributed by atoms with Crippen LogP contribution < -0.4 is 0 Å². The lowest BCUT2D eigenvalue weighted by molar-refractivity contribution is 0.928. The molecule has 0 N–H and O–H groups in total. The lowest BCUT2D eigenvalue weighted by Gasteiger charge is -2.02. The molecule has 0 radical (unpaired) electrons. The monoisotopic (exact) mass is 196 g/mol. The lowest BCUT2D eigenvalue weighted by atomic mass is 10.0. The Morgan fingerprint density at radius 1 is 1.27 bits per heavy atom. The summed E-state index contributed by atoms with van der Waals surface area (Å²) in [6.45, 7) is 2.04. The summed E-state index contributed by atoms with van der Waals surface area (Å²) >= 11 is 0. The van der Waals surface area contributed by atoms with Gasteiger partial charge in [0.25, 0.3) is 0 Å². The molecule has 0 aliphatic carbocycles. The van der Waals surface area contributed by atoms with Gasteiger partial charge in [0.2, 0.25) is 0 Å². The third-order valence-electron chi connectivity index (χ3n) is 2.44. The summed E-state index contributed by atoms with van der Waals surface area (Å²) in [6, 6.07) is 10.1. The summed E-state index contributed by atoms with van der Waals surface area (Å²) in [7, 11) is 1.98. The van der Waals surface area contributed by atoms with Crippen LogP contribution in [0.4, 0.5) is 0 Å². The van der Waals surface area contributed by atoms with Crippen LogP contribution in [0.25, 0.3) is 11.1 Å². The molecule has 0 spiro atoms. The molecule has 0 saturated heterocycles. The van der Waals surface area contributed by atoms with Gasteiger partial charge in [-0.1, -0.05) is 17.7 Å². The van der Waals surface area contributed by atoms with Crippen molar-refractivity contribution < 1.29 is 0 Å². The quantitative estimate of drug-likeness (QED) is 0.689. The van der Waals surface area contributed by atoms with E-state index in [4.69, 9.17) is 5.26 Å². The maximum Gasteiger partial charge on any atom is 0.0998 e. The van der Waals surface area contributed by atoms with Crippen molar-refractivity contribution in [3.05, 3.63) is 47.8 Å². The van der Waals surface area contributed by atoms with Crippen molar-refractivity contribution in [2.75, 3.05) is 0 Å². The molecular weight excluding hydrogens is 184 g/mol. The van der Waals surface area contributed by atoms with Gasteiger partial charge in [-0.25, -0.2) is 0 Å².